The maximum atomic E-state index is 13.1. The number of nitrogens with one attached hydrogen (secondary N) is 1. The Labute approximate surface area is 436 Å². The van der Waals surface area contributed by atoms with E-state index < -0.39 is 63.2 Å². The van der Waals surface area contributed by atoms with E-state index in [9.17, 15) is 44.9 Å². The number of carbonyl (C=O) groups excluding carboxylic acids is 1. The number of phosphoric acid groups is 1. The van der Waals surface area contributed by atoms with E-state index in [1.165, 1.54) is 231 Å². The first-order chi connectivity index (χ1) is 34.4. The Morgan fingerprint density at radius 2 is 0.676 bits per heavy atom. The Bertz CT molecular complexity index is 1200. The second-order valence-electron chi connectivity index (χ2n) is 21.9. The predicted octanol–water partition coefficient (Wildman–Crippen LogP) is 14.1. The van der Waals surface area contributed by atoms with Crippen molar-refractivity contribution in [2.75, 3.05) is 6.61 Å². The smallest absolute Gasteiger partial charge is 0.391 e. The molecule has 0 aromatic carbocycles. The topological polar surface area (TPSA) is 206 Å². The van der Waals surface area contributed by atoms with E-state index in [4.69, 9.17) is 9.05 Å². The molecular weight excluding hydrogens is 918 g/mol. The lowest BCUT2D eigenvalue weighted by Crippen LogP contribution is -2.64. The molecule has 1 rings (SSSR count). The minimum absolute atomic E-state index is 0.244. The molecular formula is C58H116NO11P. The van der Waals surface area contributed by atoms with Crippen molar-refractivity contribution in [2.24, 2.45) is 0 Å². The quantitative estimate of drug-likeness (QED) is 0.0212. The first kappa shape index (κ1) is 68.4. The highest BCUT2D eigenvalue weighted by atomic mass is 31.2. The van der Waals surface area contributed by atoms with E-state index >= 15 is 0 Å². The summed E-state index contributed by atoms with van der Waals surface area (Å²) in [5, 5.41) is 64.5. The lowest BCUT2D eigenvalue weighted by Gasteiger charge is -2.41. The third kappa shape index (κ3) is 38.5. The molecule has 8 N–H and O–H groups in total. The standard InChI is InChI=1S/C58H116NO11P/c1-3-5-7-9-11-13-15-17-19-21-22-23-24-25-26-27-28-29-30-31-32-34-36-38-40-42-44-46-48-52(61)59-50(49-69-71(67,68)70-58-56(65)54(63)53(62)55(64)57(58)66)51(60)47-45-43-41-39-37-35-33-20-18-16-14-12-10-8-6-4-2/h50-51,53-58,60,62-66H,3-49H2,1-2H3,(H,59,61)(H,67,68)/t50-,51+,53?,54+,55?,56?,57?,58?/m0/s1. The van der Waals surface area contributed by atoms with Crippen LogP contribution in [0.15, 0.2) is 0 Å². The van der Waals surface area contributed by atoms with Crippen LogP contribution < -0.4 is 5.32 Å². The minimum Gasteiger partial charge on any atom is -0.391 e. The van der Waals surface area contributed by atoms with Gasteiger partial charge in [-0.25, -0.2) is 4.57 Å². The van der Waals surface area contributed by atoms with Crippen molar-refractivity contribution in [1.82, 2.24) is 5.32 Å². The van der Waals surface area contributed by atoms with Gasteiger partial charge < -0.3 is 40.8 Å². The van der Waals surface area contributed by atoms with Crippen molar-refractivity contribution in [2.45, 2.75) is 358 Å². The summed E-state index contributed by atoms with van der Waals surface area (Å²) >= 11 is 0. The van der Waals surface area contributed by atoms with Gasteiger partial charge in [-0.05, 0) is 12.8 Å². The summed E-state index contributed by atoms with van der Waals surface area (Å²) < 4.78 is 23.1. The summed E-state index contributed by atoms with van der Waals surface area (Å²) in [6, 6.07) is -1.03. The fourth-order valence-electron chi connectivity index (χ4n) is 10.3. The van der Waals surface area contributed by atoms with Crippen LogP contribution in [-0.4, -0.2) is 96.8 Å². The first-order valence-corrected chi connectivity index (χ1v) is 32.0. The molecule has 12 nitrogen and oxygen atoms in total. The molecule has 0 aliphatic heterocycles. The molecule has 1 fully saturated rings. The summed E-state index contributed by atoms with van der Waals surface area (Å²) in [5.41, 5.74) is 0. The normalized spacial score (nSPS) is 21.1. The van der Waals surface area contributed by atoms with Gasteiger partial charge in [-0.2, -0.15) is 0 Å². The number of hydrogen-bond donors (Lipinski definition) is 8. The largest absolute Gasteiger partial charge is 0.472 e. The van der Waals surface area contributed by atoms with Crippen LogP contribution in [0.25, 0.3) is 0 Å². The SMILES string of the molecule is CCCCCCCCCCCCCCCCCCCCCCCCCCCCCCC(=O)N[C@@H](COP(=O)(O)OC1C(O)C(O)C(O)[C@@H](O)C1O)[C@H](O)CCCCCCCCCCCCCCCCCC. The number of phosphoric ester groups is 1. The molecule has 13 heteroatoms. The molecule has 71 heavy (non-hydrogen) atoms. The van der Waals surface area contributed by atoms with E-state index in [0.717, 1.165) is 38.5 Å². The molecule has 6 unspecified atom stereocenters. The van der Waals surface area contributed by atoms with Gasteiger partial charge in [-0.15, -0.1) is 0 Å². The summed E-state index contributed by atoms with van der Waals surface area (Å²) in [5.74, 6) is -0.300. The molecule has 0 radical (unpaired) electrons. The molecule has 1 saturated carbocycles. The monoisotopic (exact) mass is 1030 g/mol. The van der Waals surface area contributed by atoms with Gasteiger partial charge >= 0.3 is 7.82 Å². The molecule has 0 heterocycles. The average Bonchev–Trinajstić information content (AvgIpc) is 3.35. The van der Waals surface area contributed by atoms with Crippen molar-refractivity contribution < 1.29 is 53.9 Å². The molecule has 9 atom stereocenters. The van der Waals surface area contributed by atoms with Gasteiger partial charge in [-0.1, -0.05) is 290 Å². The number of carbonyl (C=O) groups is 1. The molecule has 1 aliphatic carbocycles. The van der Waals surface area contributed by atoms with Crippen LogP contribution in [0.5, 0.6) is 0 Å². The van der Waals surface area contributed by atoms with Crippen molar-refractivity contribution in [3.8, 4) is 0 Å². The number of unbranched alkanes of at least 4 members (excludes halogenated alkanes) is 42. The van der Waals surface area contributed by atoms with E-state index in [1.807, 2.05) is 0 Å². The zero-order chi connectivity index (χ0) is 52.1. The summed E-state index contributed by atoms with van der Waals surface area (Å²) in [6.45, 7) is 3.95. The molecule has 0 aromatic rings. The van der Waals surface area contributed by atoms with Crippen LogP contribution in [0.1, 0.15) is 309 Å². The van der Waals surface area contributed by atoms with Gasteiger partial charge in [0.2, 0.25) is 5.91 Å². The third-order valence-corrected chi connectivity index (χ3v) is 16.2. The highest BCUT2D eigenvalue weighted by Crippen LogP contribution is 2.47. The van der Waals surface area contributed by atoms with Crippen molar-refractivity contribution >= 4 is 13.7 Å². The Morgan fingerprint density at radius 3 is 0.972 bits per heavy atom. The Morgan fingerprint density at radius 1 is 0.423 bits per heavy atom. The Hall–Kier alpha value is -0.660. The van der Waals surface area contributed by atoms with E-state index in [1.54, 1.807) is 0 Å². The Balaban J connectivity index is 2.25. The summed E-state index contributed by atoms with van der Waals surface area (Å²) in [4.78, 5) is 23.6. The lowest BCUT2D eigenvalue weighted by atomic mass is 9.85. The summed E-state index contributed by atoms with van der Waals surface area (Å²) in [6.07, 6.45) is 44.4. The van der Waals surface area contributed by atoms with Crippen LogP contribution >= 0.6 is 7.82 Å². The van der Waals surface area contributed by atoms with Crippen molar-refractivity contribution in [3.63, 3.8) is 0 Å². The van der Waals surface area contributed by atoms with Crippen molar-refractivity contribution in [1.29, 1.82) is 0 Å². The average molecular weight is 1030 g/mol. The van der Waals surface area contributed by atoms with E-state index in [-0.39, 0.29) is 12.3 Å². The first-order valence-electron chi connectivity index (χ1n) is 30.5. The van der Waals surface area contributed by atoms with Crippen LogP contribution in [0, 0.1) is 0 Å². The van der Waals surface area contributed by atoms with Gasteiger partial charge in [0, 0.05) is 6.42 Å². The van der Waals surface area contributed by atoms with Crippen LogP contribution in [0.2, 0.25) is 0 Å². The zero-order valence-corrected chi connectivity index (χ0v) is 47.0. The number of aliphatic hydroxyl groups is 6. The molecule has 424 valence electrons. The van der Waals surface area contributed by atoms with Crippen molar-refractivity contribution in [3.05, 3.63) is 0 Å². The maximum absolute atomic E-state index is 13.1. The van der Waals surface area contributed by atoms with Gasteiger partial charge in [0.1, 0.15) is 36.6 Å². The minimum atomic E-state index is -5.06. The van der Waals surface area contributed by atoms with Gasteiger partial charge in [-0.3, -0.25) is 13.8 Å². The molecule has 1 amide bonds. The number of aliphatic hydroxyl groups excluding tert-OH is 6. The van der Waals surface area contributed by atoms with Gasteiger partial charge in [0.15, 0.2) is 0 Å². The summed E-state index contributed by atoms with van der Waals surface area (Å²) in [7, 11) is -5.06. The Kier molecular flexibility index (Phi) is 46.0. The molecule has 0 spiro atoms. The zero-order valence-electron chi connectivity index (χ0n) is 46.1. The third-order valence-electron chi connectivity index (χ3n) is 15.2. The molecule has 0 saturated heterocycles. The number of hydrogen-bond acceptors (Lipinski definition) is 10. The fourth-order valence-corrected chi connectivity index (χ4v) is 11.2. The number of rotatable bonds is 53. The second-order valence-corrected chi connectivity index (χ2v) is 23.3. The number of amides is 1. The van der Waals surface area contributed by atoms with Crippen LogP contribution in [0.4, 0.5) is 0 Å². The van der Waals surface area contributed by atoms with Crippen LogP contribution in [0.3, 0.4) is 0 Å². The second kappa shape index (κ2) is 47.8. The molecule has 0 aromatic heterocycles. The van der Waals surface area contributed by atoms with E-state index in [2.05, 4.69) is 19.2 Å². The van der Waals surface area contributed by atoms with Gasteiger partial charge in [0.25, 0.3) is 0 Å². The highest BCUT2D eigenvalue weighted by Gasteiger charge is 2.51. The maximum Gasteiger partial charge on any atom is 0.472 e. The predicted molar refractivity (Wildman–Crippen MR) is 292 cm³/mol. The van der Waals surface area contributed by atoms with E-state index in [0.29, 0.717) is 19.3 Å². The molecule has 0 bridgehead atoms. The fraction of sp³-hybridized carbons (Fsp3) is 0.983. The van der Waals surface area contributed by atoms with Crippen LogP contribution in [-0.2, 0) is 18.4 Å². The lowest BCUT2D eigenvalue weighted by molar-refractivity contribution is -0.220. The highest BCUT2D eigenvalue weighted by molar-refractivity contribution is 7.47. The molecule has 1 aliphatic rings. The van der Waals surface area contributed by atoms with Gasteiger partial charge in [0.05, 0.1) is 18.8 Å².